The molecule has 0 spiro atoms. The van der Waals surface area contributed by atoms with Crippen LogP contribution in [-0.2, 0) is 4.74 Å². The maximum absolute atomic E-state index is 13.5. The Kier molecular flexibility index (Phi) is 4.71. The summed E-state index contributed by atoms with van der Waals surface area (Å²) in [5.74, 6) is 0.259. The first-order valence-corrected chi connectivity index (χ1v) is 8.73. The Morgan fingerprint density at radius 2 is 1.96 bits per heavy atom. The molecule has 1 fully saturated rings. The lowest BCUT2D eigenvalue weighted by Crippen LogP contribution is -2.43. The summed E-state index contributed by atoms with van der Waals surface area (Å²) >= 11 is 6.20. The fraction of sp³-hybridized carbons (Fsp3) is 0.375. The van der Waals surface area contributed by atoms with Gasteiger partial charge in [0.2, 0.25) is 6.10 Å². The molecular formula is C16H14ClF3N6O2. The zero-order valence-electron chi connectivity index (χ0n) is 14.3. The number of rotatable bonds is 2. The number of ether oxygens (including phenoxy) is 1. The number of carbonyl (C=O) groups excluding carboxylic acids is 1. The van der Waals surface area contributed by atoms with Crippen LogP contribution in [0.5, 0.6) is 0 Å². The number of pyridine rings is 1. The standard InChI is InChI=1S/C16H14ClF3N6O2/c17-8-5-9(24-10(6-8)26-3-1-21-2-4-26)12-11-13(16(18,19)20)28-15(27)25-14(11)23-7-22-12/h5-7,13,21H,1-4H2,(H,22,23,25,27)/t13-/m1/s1. The Morgan fingerprint density at radius 3 is 2.68 bits per heavy atom. The van der Waals surface area contributed by atoms with Crippen molar-refractivity contribution in [1.82, 2.24) is 20.3 Å². The predicted molar refractivity (Wildman–Crippen MR) is 94.3 cm³/mol. The fourth-order valence-corrected chi connectivity index (χ4v) is 3.33. The lowest BCUT2D eigenvalue weighted by atomic mass is 10.0. The van der Waals surface area contributed by atoms with Crippen molar-refractivity contribution < 1.29 is 22.7 Å². The molecule has 0 radical (unpaired) electrons. The van der Waals surface area contributed by atoms with Crippen LogP contribution in [0.1, 0.15) is 11.7 Å². The molecule has 2 aromatic heterocycles. The van der Waals surface area contributed by atoms with E-state index in [1.165, 1.54) is 6.07 Å². The predicted octanol–water partition coefficient (Wildman–Crippen LogP) is 2.77. The second kappa shape index (κ2) is 7.06. The van der Waals surface area contributed by atoms with E-state index in [0.717, 1.165) is 19.4 Å². The topological polar surface area (TPSA) is 92.3 Å². The van der Waals surface area contributed by atoms with Crippen molar-refractivity contribution in [2.24, 2.45) is 0 Å². The van der Waals surface area contributed by atoms with Crippen LogP contribution >= 0.6 is 11.6 Å². The first-order valence-electron chi connectivity index (χ1n) is 8.36. The number of hydrogen-bond acceptors (Lipinski definition) is 7. The smallest absolute Gasteiger partial charge is 0.430 e. The fourth-order valence-electron chi connectivity index (χ4n) is 3.13. The summed E-state index contributed by atoms with van der Waals surface area (Å²) in [7, 11) is 0. The number of hydrogen-bond donors (Lipinski definition) is 2. The minimum atomic E-state index is -4.84. The SMILES string of the molecule is O=C1Nc2ncnc(-c3cc(Cl)cc(N4CCNCC4)n3)c2[C@H](C(F)(F)F)O1. The highest BCUT2D eigenvalue weighted by Crippen LogP contribution is 2.44. The summed E-state index contributed by atoms with van der Waals surface area (Å²) in [5.41, 5.74) is -0.379. The molecule has 4 rings (SSSR count). The maximum Gasteiger partial charge on any atom is 0.430 e. The summed E-state index contributed by atoms with van der Waals surface area (Å²) in [6.07, 6.45) is -7.53. The first kappa shape index (κ1) is 18.7. The molecule has 4 heterocycles. The van der Waals surface area contributed by atoms with E-state index in [9.17, 15) is 18.0 Å². The number of alkyl halides is 3. The van der Waals surface area contributed by atoms with Gasteiger partial charge in [-0.3, -0.25) is 5.32 Å². The van der Waals surface area contributed by atoms with Gasteiger partial charge < -0.3 is 15.0 Å². The molecule has 8 nitrogen and oxygen atoms in total. The minimum Gasteiger partial charge on any atom is -0.431 e. The van der Waals surface area contributed by atoms with E-state index in [2.05, 4.69) is 30.3 Å². The van der Waals surface area contributed by atoms with Crippen LogP contribution in [0.2, 0.25) is 5.02 Å². The summed E-state index contributed by atoms with van der Waals surface area (Å²) < 4.78 is 45.0. The van der Waals surface area contributed by atoms with Gasteiger partial charge in [0.1, 0.15) is 23.7 Å². The van der Waals surface area contributed by atoms with E-state index in [4.69, 9.17) is 11.6 Å². The number of cyclic esters (lactones) is 1. The third kappa shape index (κ3) is 3.54. The summed E-state index contributed by atoms with van der Waals surface area (Å²) in [6, 6.07) is 3.06. The zero-order valence-corrected chi connectivity index (χ0v) is 15.0. The number of aromatic nitrogens is 3. The lowest BCUT2D eigenvalue weighted by molar-refractivity contribution is -0.206. The number of fused-ring (bicyclic) bond motifs is 1. The van der Waals surface area contributed by atoms with Gasteiger partial charge in [0.25, 0.3) is 0 Å². The molecule has 0 aliphatic carbocycles. The lowest BCUT2D eigenvalue weighted by Gasteiger charge is -2.30. The molecule has 1 atom stereocenters. The molecular weight excluding hydrogens is 401 g/mol. The molecule has 0 bridgehead atoms. The van der Waals surface area contributed by atoms with Crippen molar-refractivity contribution in [3.8, 4) is 11.4 Å². The Labute approximate surface area is 162 Å². The van der Waals surface area contributed by atoms with Gasteiger partial charge >= 0.3 is 12.3 Å². The quantitative estimate of drug-likeness (QED) is 0.780. The van der Waals surface area contributed by atoms with E-state index in [-0.39, 0.29) is 17.2 Å². The Morgan fingerprint density at radius 1 is 1.21 bits per heavy atom. The Hall–Kier alpha value is -2.66. The second-order valence-corrected chi connectivity index (χ2v) is 6.64. The molecule has 1 amide bonds. The van der Waals surface area contributed by atoms with Gasteiger partial charge in [0, 0.05) is 31.2 Å². The van der Waals surface area contributed by atoms with Crippen LogP contribution < -0.4 is 15.5 Å². The van der Waals surface area contributed by atoms with Crippen LogP contribution in [0.3, 0.4) is 0 Å². The number of halogens is 4. The van der Waals surface area contributed by atoms with Gasteiger partial charge in [0.15, 0.2) is 0 Å². The van der Waals surface area contributed by atoms with Gasteiger partial charge in [-0.15, -0.1) is 0 Å². The molecule has 2 N–H and O–H groups in total. The summed E-state index contributed by atoms with van der Waals surface area (Å²) in [6.45, 7) is 2.86. The van der Waals surface area contributed by atoms with Crippen molar-refractivity contribution in [2.75, 3.05) is 36.4 Å². The molecule has 148 valence electrons. The minimum absolute atomic E-state index is 0.105. The van der Waals surface area contributed by atoms with E-state index in [1.807, 2.05) is 4.90 Å². The summed E-state index contributed by atoms with van der Waals surface area (Å²) in [5, 5.41) is 5.68. The van der Waals surface area contributed by atoms with Gasteiger partial charge in [-0.05, 0) is 12.1 Å². The van der Waals surface area contributed by atoms with E-state index in [1.54, 1.807) is 6.07 Å². The van der Waals surface area contributed by atoms with Crippen LogP contribution in [0.25, 0.3) is 11.4 Å². The zero-order chi connectivity index (χ0) is 19.9. The van der Waals surface area contributed by atoms with E-state index >= 15 is 0 Å². The second-order valence-electron chi connectivity index (χ2n) is 6.20. The van der Waals surface area contributed by atoms with Gasteiger partial charge in [-0.25, -0.2) is 19.7 Å². The number of nitrogens with zero attached hydrogens (tertiary/aromatic N) is 4. The normalized spacial score (nSPS) is 19.6. The highest BCUT2D eigenvalue weighted by molar-refractivity contribution is 6.31. The van der Waals surface area contributed by atoms with Gasteiger partial charge in [-0.2, -0.15) is 13.2 Å². The largest absolute Gasteiger partial charge is 0.431 e. The first-order chi connectivity index (χ1) is 13.3. The third-order valence-corrected chi connectivity index (χ3v) is 4.57. The van der Waals surface area contributed by atoms with E-state index in [0.29, 0.717) is 23.9 Å². The molecule has 1 saturated heterocycles. The molecule has 2 aromatic rings. The van der Waals surface area contributed by atoms with Crippen molar-refractivity contribution in [2.45, 2.75) is 12.3 Å². The summed E-state index contributed by atoms with van der Waals surface area (Å²) in [4.78, 5) is 25.7. The monoisotopic (exact) mass is 414 g/mol. The molecule has 0 unspecified atom stereocenters. The number of anilines is 2. The van der Waals surface area contributed by atoms with Crippen LogP contribution in [0, 0.1) is 0 Å². The molecule has 28 heavy (non-hydrogen) atoms. The van der Waals surface area contributed by atoms with Crippen molar-refractivity contribution in [3.63, 3.8) is 0 Å². The molecule has 2 aliphatic heterocycles. The number of nitrogens with one attached hydrogen (secondary N) is 2. The van der Waals surface area contributed by atoms with Crippen molar-refractivity contribution >= 4 is 29.3 Å². The Bertz CT molecular complexity index is 920. The van der Waals surface area contributed by atoms with Gasteiger partial charge in [0.05, 0.1) is 11.3 Å². The average Bonchev–Trinajstić information content (AvgIpc) is 2.66. The Balaban J connectivity index is 1.83. The van der Waals surface area contributed by atoms with Gasteiger partial charge in [-0.1, -0.05) is 11.6 Å². The van der Waals surface area contributed by atoms with Crippen LogP contribution in [0.15, 0.2) is 18.5 Å². The third-order valence-electron chi connectivity index (χ3n) is 4.35. The molecule has 2 aliphatic rings. The van der Waals surface area contributed by atoms with Crippen molar-refractivity contribution in [1.29, 1.82) is 0 Å². The molecule has 0 aromatic carbocycles. The van der Waals surface area contributed by atoms with Crippen molar-refractivity contribution in [3.05, 3.63) is 29.0 Å². The highest BCUT2D eigenvalue weighted by atomic mass is 35.5. The van der Waals surface area contributed by atoms with Crippen LogP contribution in [-0.4, -0.2) is 53.4 Å². The molecule has 12 heteroatoms. The number of piperazine rings is 1. The van der Waals surface area contributed by atoms with E-state index < -0.39 is 23.9 Å². The average molecular weight is 415 g/mol. The van der Waals surface area contributed by atoms with Crippen LogP contribution in [0.4, 0.5) is 29.6 Å². The number of carbonyl (C=O) groups is 1. The maximum atomic E-state index is 13.5. The highest BCUT2D eigenvalue weighted by Gasteiger charge is 2.49. The number of amides is 1. The molecule has 0 saturated carbocycles.